The summed E-state index contributed by atoms with van der Waals surface area (Å²) < 4.78 is 5.33. The Labute approximate surface area is 102 Å². The lowest BCUT2D eigenvalue weighted by Gasteiger charge is -1.94. The van der Waals surface area contributed by atoms with E-state index in [-0.39, 0.29) is 18.7 Å². The Bertz CT molecular complexity index is 596. The van der Waals surface area contributed by atoms with E-state index in [9.17, 15) is 4.79 Å². The fourth-order valence-electron chi connectivity index (χ4n) is 1.37. The van der Waals surface area contributed by atoms with Gasteiger partial charge < -0.3 is 9.52 Å². The summed E-state index contributed by atoms with van der Waals surface area (Å²) in [5, 5.41) is 24.8. The Balaban J connectivity index is 2.13. The molecule has 0 saturated heterocycles. The van der Waals surface area contributed by atoms with Crippen molar-refractivity contribution in [2.75, 3.05) is 0 Å². The van der Waals surface area contributed by atoms with Crippen molar-refractivity contribution in [3.8, 4) is 17.5 Å². The number of hydrogen-bond acceptors (Lipinski definition) is 5. The largest absolute Gasteiger partial charge is 0.481 e. The summed E-state index contributed by atoms with van der Waals surface area (Å²) in [5.41, 5.74) is 1.24. The van der Waals surface area contributed by atoms with Crippen LogP contribution in [0.15, 0.2) is 28.7 Å². The highest BCUT2D eigenvalue weighted by molar-refractivity contribution is 5.66. The first-order chi connectivity index (χ1) is 8.69. The van der Waals surface area contributed by atoms with Gasteiger partial charge in [0.2, 0.25) is 11.8 Å². The SMILES string of the molecule is N#Cc1ccc(-c2nnc(CCC(=O)O)o2)cc1. The van der Waals surface area contributed by atoms with E-state index in [1.165, 1.54) is 0 Å². The number of carboxylic acids is 1. The average molecular weight is 243 g/mol. The minimum Gasteiger partial charge on any atom is -0.481 e. The molecule has 1 N–H and O–H groups in total. The van der Waals surface area contributed by atoms with Crippen LogP contribution in [0.2, 0.25) is 0 Å². The molecule has 0 radical (unpaired) electrons. The fourth-order valence-corrected chi connectivity index (χ4v) is 1.37. The van der Waals surface area contributed by atoms with Crippen molar-refractivity contribution in [2.24, 2.45) is 0 Å². The van der Waals surface area contributed by atoms with Crippen LogP contribution in [0, 0.1) is 11.3 Å². The molecule has 1 aromatic carbocycles. The highest BCUT2D eigenvalue weighted by Crippen LogP contribution is 2.18. The van der Waals surface area contributed by atoms with Gasteiger partial charge in [-0.3, -0.25) is 4.79 Å². The molecular formula is C12H9N3O3. The molecule has 0 unspecified atom stereocenters. The number of aryl methyl sites for hydroxylation is 1. The maximum Gasteiger partial charge on any atom is 0.303 e. The van der Waals surface area contributed by atoms with Crippen LogP contribution in [-0.2, 0) is 11.2 Å². The van der Waals surface area contributed by atoms with Gasteiger partial charge in [0, 0.05) is 12.0 Å². The first-order valence-corrected chi connectivity index (χ1v) is 5.24. The number of carboxylic acid groups (broad SMARTS) is 1. The van der Waals surface area contributed by atoms with E-state index in [2.05, 4.69) is 10.2 Å². The zero-order valence-electron chi connectivity index (χ0n) is 9.33. The van der Waals surface area contributed by atoms with E-state index in [1.807, 2.05) is 6.07 Å². The average Bonchev–Trinajstić information content (AvgIpc) is 2.85. The third kappa shape index (κ3) is 2.71. The van der Waals surface area contributed by atoms with E-state index in [0.717, 1.165) is 0 Å². The van der Waals surface area contributed by atoms with Crippen LogP contribution < -0.4 is 0 Å². The summed E-state index contributed by atoms with van der Waals surface area (Å²) in [6.07, 6.45) is 0.160. The smallest absolute Gasteiger partial charge is 0.303 e. The third-order valence-electron chi connectivity index (χ3n) is 2.28. The summed E-state index contributed by atoms with van der Waals surface area (Å²) in [4.78, 5) is 10.4. The van der Waals surface area contributed by atoms with Gasteiger partial charge in [-0.25, -0.2) is 0 Å². The molecule has 2 rings (SSSR count). The molecule has 0 fully saturated rings. The lowest BCUT2D eigenvalue weighted by Crippen LogP contribution is -1.97. The minimum atomic E-state index is -0.909. The van der Waals surface area contributed by atoms with E-state index >= 15 is 0 Å². The van der Waals surface area contributed by atoms with Gasteiger partial charge in [-0.2, -0.15) is 5.26 Å². The molecule has 1 aromatic heterocycles. The Morgan fingerprint density at radius 1 is 1.33 bits per heavy atom. The summed E-state index contributed by atoms with van der Waals surface area (Å²) in [5.74, 6) is -0.301. The quantitative estimate of drug-likeness (QED) is 0.875. The highest BCUT2D eigenvalue weighted by Gasteiger charge is 2.09. The summed E-state index contributed by atoms with van der Waals surface area (Å²) in [6.45, 7) is 0. The zero-order chi connectivity index (χ0) is 13.0. The van der Waals surface area contributed by atoms with Crippen molar-refractivity contribution >= 4 is 5.97 Å². The molecule has 6 heteroatoms. The summed E-state index contributed by atoms with van der Waals surface area (Å²) in [7, 11) is 0. The van der Waals surface area contributed by atoms with Crippen molar-refractivity contribution in [1.29, 1.82) is 5.26 Å². The maximum atomic E-state index is 10.4. The Kier molecular flexibility index (Phi) is 3.34. The third-order valence-corrected chi connectivity index (χ3v) is 2.28. The predicted octanol–water partition coefficient (Wildman–Crippen LogP) is 1.63. The van der Waals surface area contributed by atoms with Crippen LogP contribution in [0.3, 0.4) is 0 Å². The van der Waals surface area contributed by atoms with Crippen LogP contribution >= 0.6 is 0 Å². The maximum absolute atomic E-state index is 10.4. The number of aromatic nitrogens is 2. The van der Waals surface area contributed by atoms with Gasteiger partial charge in [-0.05, 0) is 24.3 Å². The van der Waals surface area contributed by atoms with Gasteiger partial charge in [-0.1, -0.05) is 0 Å². The fraction of sp³-hybridized carbons (Fsp3) is 0.167. The molecule has 0 saturated carbocycles. The molecule has 18 heavy (non-hydrogen) atoms. The molecule has 0 amide bonds. The van der Waals surface area contributed by atoms with Crippen molar-refractivity contribution in [2.45, 2.75) is 12.8 Å². The molecule has 0 aliphatic carbocycles. The van der Waals surface area contributed by atoms with Crippen LogP contribution in [-0.4, -0.2) is 21.3 Å². The topological polar surface area (TPSA) is 100 Å². The molecule has 0 aliphatic rings. The van der Waals surface area contributed by atoms with Crippen molar-refractivity contribution in [1.82, 2.24) is 10.2 Å². The standard InChI is InChI=1S/C12H9N3O3/c13-7-8-1-3-9(4-2-8)12-15-14-10(18-12)5-6-11(16)17/h1-4H,5-6H2,(H,16,17). The van der Waals surface area contributed by atoms with Gasteiger partial charge in [0.05, 0.1) is 18.1 Å². The van der Waals surface area contributed by atoms with E-state index in [0.29, 0.717) is 17.0 Å². The molecule has 1 heterocycles. The second-order valence-corrected chi connectivity index (χ2v) is 3.58. The second kappa shape index (κ2) is 5.10. The normalized spacial score (nSPS) is 9.94. The van der Waals surface area contributed by atoms with Gasteiger partial charge in [0.25, 0.3) is 0 Å². The monoisotopic (exact) mass is 243 g/mol. The molecule has 0 spiro atoms. The number of rotatable bonds is 4. The van der Waals surface area contributed by atoms with Crippen LogP contribution in [0.1, 0.15) is 17.9 Å². The molecule has 6 nitrogen and oxygen atoms in total. The van der Waals surface area contributed by atoms with Crippen LogP contribution in [0.4, 0.5) is 0 Å². The lowest BCUT2D eigenvalue weighted by atomic mass is 10.1. The van der Waals surface area contributed by atoms with Gasteiger partial charge in [0.15, 0.2) is 0 Å². The number of aliphatic carboxylic acids is 1. The first-order valence-electron chi connectivity index (χ1n) is 5.24. The van der Waals surface area contributed by atoms with Gasteiger partial charge >= 0.3 is 5.97 Å². The van der Waals surface area contributed by atoms with Gasteiger partial charge in [-0.15, -0.1) is 10.2 Å². The summed E-state index contributed by atoms with van der Waals surface area (Å²) >= 11 is 0. The zero-order valence-corrected chi connectivity index (χ0v) is 9.33. The molecule has 0 bridgehead atoms. The number of nitriles is 1. The Morgan fingerprint density at radius 2 is 2.06 bits per heavy atom. The number of nitrogens with zero attached hydrogens (tertiary/aromatic N) is 3. The number of hydrogen-bond donors (Lipinski definition) is 1. The van der Waals surface area contributed by atoms with E-state index in [4.69, 9.17) is 14.8 Å². The van der Waals surface area contributed by atoms with E-state index < -0.39 is 5.97 Å². The number of benzene rings is 1. The summed E-state index contributed by atoms with van der Waals surface area (Å²) in [6, 6.07) is 8.71. The molecular weight excluding hydrogens is 234 g/mol. The molecule has 90 valence electrons. The first kappa shape index (κ1) is 11.8. The molecule has 0 atom stereocenters. The van der Waals surface area contributed by atoms with Gasteiger partial charge in [0.1, 0.15) is 0 Å². The van der Waals surface area contributed by atoms with Crippen molar-refractivity contribution in [3.63, 3.8) is 0 Å². The van der Waals surface area contributed by atoms with E-state index in [1.54, 1.807) is 24.3 Å². The second-order valence-electron chi connectivity index (χ2n) is 3.58. The number of carbonyl (C=O) groups is 1. The molecule has 2 aromatic rings. The minimum absolute atomic E-state index is 0.0466. The van der Waals surface area contributed by atoms with Crippen molar-refractivity contribution < 1.29 is 14.3 Å². The highest BCUT2D eigenvalue weighted by atomic mass is 16.4. The molecule has 0 aliphatic heterocycles. The van der Waals surface area contributed by atoms with Crippen LogP contribution in [0.5, 0.6) is 0 Å². The van der Waals surface area contributed by atoms with Crippen LogP contribution in [0.25, 0.3) is 11.5 Å². The lowest BCUT2D eigenvalue weighted by molar-refractivity contribution is -0.137. The Morgan fingerprint density at radius 3 is 2.67 bits per heavy atom. The van der Waals surface area contributed by atoms with Crippen molar-refractivity contribution in [3.05, 3.63) is 35.7 Å². The predicted molar refractivity (Wildman–Crippen MR) is 60.4 cm³/mol. The Hall–Kier alpha value is -2.68.